The molecular weight excluding hydrogens is 302 g/mol. The van der Waals surface area contributed by atoms with Gasteiger partial charge in [0.05, 0.1) is 11.8 Å². The number of carbonyl (C=O) groups excluding carboxylic acids is 1. The number of fused-ring (bicyclic) bond motifs is 1. The van der Waals surface area contributed by atoms with Crippen LogP contribution < -0.4 is 0 Å². The van der Waals surface area contributed by atoms with E-state index in [-0.39, 0.29) is 22.6 Å². The number of aliphatic hydroxyl groups is 1. The Bertz CT molecular complexity index is 585. The lowest BCUT2D eigenvalue weighted by atomic mass is 9.69. The molecule has 6 heteroatoms. The highest BCUT2D eigenvalue weighted by molar-refractivity contribution is 7.90. The van der Waals surface area contributed by atoms with Crippen LogP contribution in [0.4, 0.5) is 0 Å². The molecule has 2 aliphatic carbocycles. The van der Waals surface area contributed by atoms with Gasteiger partial charge in [-0.05, 0) is 37.0 Å². The Hall–Kier alpha value is -0.620. The van der Waals surface area contributed by atoms with Crippen molar-refractivity contribution in [1.82, 2.24) is 4.31 Å². The summed E-state index contributed by atoms with van der Waals surface area (Å²) in [5, 5.41) is 10.1. The predicted octanol–water partition coefficient (Wildman–Crippen LogP) is 1.90. The topological polar surface area (TPSA) is 74.7 Å². The number of hydrogen-bond donors (Lipinski definition) is 1. The molecule has 126 valence electrons. The number of nitrogens with zero attached hydrogens (tertiary/aromatic N) is 1. The minimum absolute atomic E-state index is 0.0475. The molecule has 0 aromatic heterocycles. The molecule has 1 saturated heterocycles. The lowest BCUT2D eigenvalue weighted by Crippen LogP contribution is -2.47. The van der Waals surface area contributed by atoms with Crippen LogP contribution in [0.2, 0.25) is 0 Å². The summed E-state index contributed by atoms with van der Waals surface area (Å²) in [6.07, 6.45) is 3.45. The lowest BCUT2D eigenvalue weighted by Gasteiger charge is -2.37. The molecule has 3 rings (SSSR count). The van der Waals surface area contributed by atoms with E-state index in [0.717, 1.165) is 36.4 Å². The second-order valence-electron chi connectivity index (χ2n) is 7.91. The molecule has 2 saturated carbocycles. The Morgan fingerprint density at radius 2 is 2.09 bits per heavy atom. The summed E-state index contributed by atoms with van der Waals surface area (Å²) in [4.78, 5) is 12.6. The molecule has 1 aliphatic heterocycles. The zero-order valence-electron chi connectivity index (χ0n) is 13.7. The molecule has 4 atom stereocenters. The van der Waals surface area contributed by atoms with Crippen molar-refractivity contribution in [2.75, 3.05) is 5.75 Å². The van der Waals surface area contributed by atoms with Crippen LogP contribution in [0, 0.1) is 16.7 Å². The molecule has 5 nitrogen and oxygen atoms in total. The third-order valence-electron chi connectivity index (χ3n) is 6.74. The first-order chi connectivity index (χ1) is 10.2. The molecular formula is C16H27NO4S. The number of unbranched alkanes of at least 4 members (excludes halogenated alkanes) is 1. The molecule has 1 heterocycles. The Kier molecular flexibility index (Phi) is 3.64. The molecule has 0 radical (unpaired) electrons. The van der Waals surface area contributed by atoms with Crippen molar-refractivity contribution >= 4 is 15.9 Å². The zero-order chi connectivity index (χ0) is 16.3. The summed E-state index contributed by atoms with van der Waals surface area (Å²) in [6.45, 7) is 6.29. The van der Waals surface area contributed by atoms with E-state index in [2.05, 4.69) is 13.8 Å². The van der Waals surface area contributed by atoms with Gasteiger partial charge in [-0.1, -0.05) is 33.6 Å². The molecule has 3 fully saturated rings. The lowest BCUT2D eigenvalue weighted by molar-refractivity contribution is -0.138. The maximum atomic E-state index is 12.7. The molecule has 1 spiro atoms. The SMILES string of the molecule is CCCC[C@@H](O)C(=O)N1[C@@H]2C[C@H]3CC[C@]2(CS1(=O)=O)C3(C)C. The number of amides is 1. The molecule has 0 aromatic rings. The first-order valence-corrected chi connectivity index (χ1v) is 10.0. The number of aliphatic hydroxyl groups excluding tert-OH is 1. The standard InChI is InChI=1S/C16H27NO4S/c1-4-5-6-12(18)14(19)17-13-9-11-7-8-16(13,15(11,2)3)10-22(17,20)21/h11-13,18H,4-10H2,1-3H3/t11-,12-,13-,16-/m1/s1. The van der Waals surface area contributed by atoms with Gasteiger partial charge >= 0.3 is 0 Å². The highest BCUT2D eigenvalue weighted by Crippen LogP contribution is 2.70. The van der Waals surface area contributed by atoms with E-state index in [0.29, 0.717) is 12.3 Å². The van der Waals surface area contributed by atoms with Crippen molar-refractivity contribution in [2.45, 2.75) is 71.4 Å². The maximum Gasteiger partial charge on any atom is 0.265 e. The molecule has 1 N–H and O–H groups in total. The van der Waals surface area contributed by atoms with Gasteiger partial charge in [-0.3, -0.25) is 4.79 Å². The van der Waals surface area contributed by atoms with Gasteiger partial charge in [-0.15, -0.1) is 0 Å². The van der Waals surface area contributed by atoms with Gasteiger partial charge in [0.1, 0.15) is 6.10 Å². The van der Waals surface area contributed by atoms with E-state index < -0.39 is 22.0 Å². The summed E-state index contributed by atoms with van der Waals surface area (Å²) < 4.78 is 26.4. The monoisotopic (exact) mass is 329 g/mol. The first-order valence-electron chi connectivity index (χ1n) is 8.41. The molecule has 0 unspecified atom stereocenters. The largest absolute Gasteiger partial charge is 0.383 e. The van der Waals surface area contributed by atoms with Gasteiger partial charge in [0.2, 0.25) is 10.0 Å². The fraction of sp³-hybridized carbons (Fsp3) is 0.938. The Morgan fingerprint density at radius 1 is 1.41 bits per heavy atom. The third-order valence-corrected chi connectivity index (χ3v) is 8.66. The summed E-state index contributed by atoms with van der Waals surface area (Å²) in [7, 11) is -3.61. The van der Waals surface area contributed by atoms with Crippen molar-refractivity contribution < 1.29 is 18.3 Å². The number of carbonyl (C=O) groups is 1. The molecule has 2 bridgehead atoms. The smallest absolute Gasteiger partial charge is 0.265 e. The minimum atomic E-state index is -3.61. The Balaban J connectivity index is 1.92. The summed E-state index contributed by atoms with van der Waals surface area (Å²) >= 11 is 0. The summed E-state index contributed by atoms with van der Waals surface area (Å²) in [5.74, 6) is -0.0461. The van der Waals surface area contributed by atoms with Crippen LogP contribution in [0.15, 0.2) is 0 Å². The van der Waals surface area contributed by atoms with Crippen molar-refractivity contribution in [1.29, 1.82) is 0 Å². The van der Waals surface area contributed by atoms with E-state index in [1.807, 2.05) is 6.92 Å². The number of sulfonamides is 1. The van der Waals surface area contributed by atoms with Crippen LogP contribution in [-0.2, 0) is 14.8 Å². The third kappa shape index (κ3) is 1.92. The average molecular weight is 329 g/mol. The summed E-state index contributed by atoms with van der Waals surface area (Å²) in [6, 6.07) is -0.241. The van der Waals surface area contributed by atoms with E-state index in [9.17, 15) is 18.3 Å². The normalized spacial score (nSPS) is 39.0. The van der Waals surface area contributed by atoms with Crippen LogP contribution >= 0.6 is 0 Å². The molecule has 1 amide bonds. The fourth-order valence-corrected chi connectivity index (χ4v) is 7.82. The van der Waals surface area contributed by atoms with Gasteiger partial charge < -0.3 is 5.11 Å². The van der Waals surface area contributed by atoms with Gasteiger partial charge in [0.15, 0.2) is 0 Å². The van der Waals surface area contributed by atoms with E-state index in [1.54, 1.807) is 0 Å². The van der Waals surface area contributed by atoms with Crippen LogP contribution in [0.1, 0.15) is 59.3 Å². The van der Waals surface area contributed by atoms with E-state index in [4.69, 9.17) is 0 Å². The van der Waals surface area contributed by atoms with Crippen LogP contribution in [0.3, 0.4) is 0 Å². The minimum Gasteiger partial charge on any atom is -0.383 e. The maximum absolute atomic E-state index is 12.7. The fourth-order valence-electron chi connectivity index (χ4n) is 5.25. The number of hydrogen-bond acceptors (Lipinski definition) is 4. The highest BCUT2D eigenvalue weighted by atomic mass is 32.2. The highest BCUT2D eigenvalue weighted by Gasteiger charge is 2.72. The number of rotatable bonds is 4. The van der Waals surface area contributed by atoms with Crippen molar-refractivity contribution in [3.63, 3.8) is 0 Å². The van der Waals surface area contributed by atoms with Crippen molar-refractivity contribution in [3.8, 4) is 0 Å². The van der Waals surface area contributed by atoms with Crippen molar-refractivity contribution in [2.24, 2.45) is 16.7 Å². The van der Waals surface area contributed by atoms with Crippen LogP contribution in [-0.4, -0.2) is 41.6 Å². The second kappa shape index (κ2) is 4.94. The van der Waals surface area contributed by atoms with Gasteiger partial charge in [0, 0.05) is 5.41 Å². The van der Waals surface area contributed by atoms with Gasteiger partial charge in [-0.2, -0.15) is 0 Å². The van der Waals surface area contributed by atoms with E-state index in [1.165, 1.54) is 0 Å². The average Bonchev–Trinajstić information content (AvgIpc) is 2.90. The van der Waals surface area contributed by atoms with Crippen molar-refractivity contribution in [3.05, 3.63) is 0 Å². The van der Waals surface area contributed by atoms with Gasteiger partial charge in [0.25, 0.3) is 5.91 Å². The van der Waals surface area contributed by atoms with Crippen LogP contribution in [0.5, 0.6) is 0 Å². The summed E-state index contributed by atoms with van der Waals surface area (Å²) in [5.41, 5.74) is -0.356. The Labute approximate surface area is 133 Å². The van der Waals surface area contributed by atoms with E-state index >= 15 is 0 Å². The zero-order valence-corrected chi connectivity index (χ0v) is 14.5. The Morgan fingerprint density at radius 3 is 2.68 bits per heavy atom. The predicted molar refractivity (Wildman–Crippen MR) is 83.5 cm³/mol. The first kappa shape index (κ1) is 16.2. The quantitative estimate of drug-likeness (QED) is 0.855. The molecule has 0 aromatic carbocycles. The molecule has 22 heavy (non-hydrogen) atoms. The molecule has 3 aliphatic rings. The van der Waals surface area contributed by atoms with Gasteiger partial charge in [-0.25, -0.2) is 12.7 Å². The van der Waals surface area contributed by atoms with Crippen LogP contribution in [0.25, 0.3) is 0 Å². The second-order valence-corrected chi connectivity index (χ2v) is 9.76.